The molecule has 0 bridgehead atoms. The van der Waals surface area contributed by atoms with E-state index in [0.717, 1.165) is 12.1 Å². The Morgan fingerprint density at radius 3 is 2.50 bits per heavy atom. The van der Waals surface area contributed by atoms with Crippen molar-refractivity contribution in [2.24, 2.45) is 5.10 Å². The molecule has 1 amide bonds. The summed E-state index contributed by atoms with van der Waals surface area (Å²) >= 11 is 0. The largest absolute Gasteiger partial charge is 0.496 e. The van der Waals surface area contributed by atoms with Gasteiger partial charge in [0.15, 0.2) is 0 Å². The molecule has 1 aromatic heterocycles. The molecule has 6 nitrogen and oxygen atoms in total. The number of nitrogens with one attached hydrogen (secondary N) is 1. The van der Waals surface area contributed by atoms with Crippen LogP contribution in [-0.4, -0.2) is 23.7 Å². The summed E-state index contributed by atoms with van der Waals surface area (Å²) in [6.45, 7) is 3.39. The zero-order valence-corrected chi connectivity index (χ0v) is 14.2. The SMILES string of the molecule is COc1cc(Oc2cccc(C(F)(F)F)c2)nc(C(=O)NN=C(C)C)c1. The van der Waals surface area contributed by atoms with E-state index in [1.54, 1.807) is 13.8 Å². The van der Waals surface area contributed by atoms with E-state index in [-0.39, 0.29) is 23.1 Å². The predicted octanol–water partition coefficient (Wildman–Crippen LogP) is 4.03. The van der Waals surface area contributed by atoms with Gasteiger partial charge in [0.25, 0.3) is 5.91 Å². The lowest BCUT2D eigenvalue weighted by Gasteiger charge is -2.11. The molecule has 1 heterocycles. The number of rotatable bonds is 5. The first-order valence-corrected chi connectivity index (χ1v) is 7.41. The van der Waals surface area contributed by atoms with Crippen LogP contribution in [0.1, 0.15) is 29.9 Å². The molecular weight excluding hydrogens is 351 g/mol. The van der Waals surface area contributed by atoms with Crippen LogP contribution in [0.4, 0.5) is 13.2 Å². The summed E-state index contributed by atoms with van der Waals surface area (Å²) < 4.78 is 48.8. The third-order valence-electron chi connectivity index (χ3n) is 3.01. The highest BCUT2D eigenvalue weighted by atomic mass is 19.4. The molecule has 1 aromatic carbocycles. The second kappa shape index (κ2) is 7.85. The lowest BCUT2D eigenvalue weighted by atomic mass is 10.2. The van der Waals surface area contributed by atoms with E-state index in [1.807, 2.05) is 0 Å². The third-order valence-corrected chi connectivity index (χ3v) is 3.01. The van der Waals surface area contributed by atoms with Crippen molar-refractivity contribution >= 4 is 11.6 Å². The van der Waals surface area contributed by atoms with Gasteiger partial charge >= 0.3 is 6.18 Å². The highest BCUT2D eigenvalue weighted by Gasteiger charge is 2.30. The number of aromatic nitrogens is 1. The van der Waals surface area contributed by atoms with Crippen molar-refractivity contribution in [2.45, 2.75) is 20.0 Å². The fraction of sp³-hybridized carbons (Fsp3) is 0.235. The van der Waals surface area contributed by atoms with Gasteiger partial charge in [0.1, 0.15) is 17.2 Å². The van der Waals surface area contributed by atoms with Crippen molar-refractivity contribution in [3.05, 3.63) is 47.7 Å². The van der Waals surface area contributed by atoms with Gasteiger partial charge in [-0.1, -0.05) is 6.07 Å². The molecule has 0 aliphatic rings. The highest BCUT2D eigenvalue weighted by Crippen LogP contribution is 2.33. The standard InChI is InChI=1S/C17H16F3N3O3/c1-10(2)22-23-16(24)14-8-13(25-3)9-15(21-14)26-12-6-4-5-11(7-12)17(18,19)20/h4-9H,1-3H3,(H,23,24). The number of hydrazone groups is 1. The highest BCUT2D eigenvalue weighted by molar-refractivity contribution is 5.93. The fourth-order valence-electron chi connectivity index (χ4n) is 1.84. The monoisotopic (exact) mass is 367 g/mol. The van der Waals surface area contributed by atoms with Gasteiger partial charge < -0.3 is 9.47 Å². The van der Waals surface area contributed by atoms with Crippen molar-refractivity contribution in [3.63, 3.8) is 0 Å². The maximum Gasteiger partial charge on any atom is 0.416 e. The third kappa shape index (κ3) is 5.20. The van der Waals surface area contributed by atoms with Crippen LogP contribution in [0.3, 0.4) is 0 Å². The van der Waals surface area contributed by atoms with Crippen LogP contribution in [0.15, 0.2) is 41.5 Å². The molecule has 0 unspecified atom stereocenters. The van der Waals surface area contributed by atoms with E-state index in [9.17, 15) is 18.0 Å². The minimum absolute atomic E-state index is 0.0590. The van der Waals surface area contributed by atoms with Gasteiger partial charge in [0, 0.05) is 17.8 Å². The van der Waals surface area contributed by atoms with Crippen molar-refractivity contribution < 1.29 is 27.4 Å². The summed E-state index contributed by atoms with van der Waals surface area (Å²) in [6.07, 6.45) is -4.50. The number of alkyl halides is 3. The lowest BCUT2D eigenvalue weighted by Crippen LogP contribution is -2.20. The number of hydrogen-bond acceptors (Lipinski definition) is 5. The molecule has 0 aliphatic carbocycles. The molecule has 2 rings (SSSR count). The van der Waals surface area contributed by atoms with Gasteiger partial charge in [-0.15, -0.1) is 0 Å². The molecule has 26 heavy (non-hydrogen) atoms. The minimum atomic E-state index is -4.50. The van der Waals surface area contributed by atoms with E-state index >= 15 is 0 Å². The zero-order chi connectivity index (χ0) is 19.3. The number of ether oxygens (including phenoxy) is 2. The maximum absolute atomic E-state index is 12.8. The van der Waals surface area contributed by atoms with E-state index < -0.39 is 17.6 Å². The number of halogens is 3. The van der Waals surface area contributed by atoms with E-state index in [0.29, 0.717) is 5.71 Å². The lowest BCUT2D eigenvalue weighted by molar-refractivity contribution is -0.137. The molecule has 2 aromatic rings. The van der Waals surface area contributed by atoms with Crippen LogP contribution < -0.4 is 14.9 Å². The molecule has 9 heteroatoms. The quantitative estimate of drug-likeness (QED) is 0.640. The fourth-order valence-corrected chi connectivity index (χ4v) is 1.84. The zero-order valence-electron chi connectivity index (χ0n) is 14.2. The Morgan fingerprint density at radius 2 is 1.88 bits per heavy atom. The van der Waals surface area contributed by atoms with Gasteiger partial charge in [-0.3, -0.25) is 4.79 Å². The summed E-state index contributed by atoms with van der Waals surface area (Å²) in [6, 6.07) is 7.03. The van der Waals surface area contributed by atoms with Gasteiger partial charge in [-0.25, -0.2) is 10.4 Å². The molecule has 0 atom stereocenters. The normalized spacial score (nSPS) is 10.8. The first-order chi connectivity index (χ1) is 12.2. The molecule has 0 spiro atoms. The second-order valence-corrected chi connectivity index (χ2v) is 5.36. The van der Waals surface area contributed by atoms with E-state index in [4.69, 9.17) is 9.47 Å². The number of pyridine rings is 1. The van der Waals surface area contributed by atoms with Crippen LogP contribution in [0.25, 0.3) is 0 Å². The Morgan fingerprint density at radius 1 is 1.15 bits per heavy atom. The number of carbonyl (C=O) groups excluding carboxylic acids is 1. The summed E-state index contributed by atoms with van der Waals surface area (Å²) in [7, 11) is 1.37. The topological polar surface area (TPSA) is 72.8 Å². The van der Waals surface area contributed by atoms with E-state index in [1.165, 1.54) is 31.4 Å². The van der Waals surface area contributed by atoms with Crippen LogP contribution in [-0.2, 0) is 6.18 Å². The Bertz CT molecular complexity index is 831. The number of nitrogens with zero attached hydrogens (tertiary/aromatic N) is 2. The van der Waals surface area contributed by atoms with E-state index in [2.05, 4.69) is 15.5 Å². The molecule has 138 valence electrons. The molecule has 0 saturated carbocycles. The van der Waals surface area contributed by atoms with Crippen molar-refractivity contribution in [1.82, 2.24) is 10.4 Å². The molecule has 0 aliphatic heterocycles. The number of methoxy groups -OCH3 is 1. The smallest absolute Gasteiger partial charge is 0.416 e. The molecular formula is C17H16F3N3O3. The second-order valence-electron chi connectivity index (χ2n) is 5.36. The van der Waals surface area contributed by atoms with Gasteiger partial charge in [0.2, 0.25) is 5.88 Å². The maximum atomic E-state index is 12.8. The Hall–Kier alpha value is -3.10. The number of carbonyl (C=O) groups is 1. The van der Waals surface area contributed by atoms with Crippen LogP contribution in [0, 0.1) is 0 Å². The molecule has 1 N–H and O–H groups in total. The van der Waals surface area contributed by atoms with Gasteiger partial charge in [-0.05, 0) is 32.0 Å². The summed E-state index contributed by atoms with van der Waals surface area (Å²) in [4.78, 5) is 16.0. The van der Waals surface area contributed by atoms with Crippen molar-refractivity contribution in [2.75, 3.05) is 7.11 Å². The number of benzene rings is 1. The predicted molar refractivity (Wildman–Crippen MR) is 88.6 cm³/mol. The first-order valence-electron chi connectivity index (χ1n) is 7.41. The van der Waals surface area contributed by atoms with Crippen molar-refractivity contribution in [3.8, 4) is 17.4 Å². The molecule has 0 fully saturated rings. The first kappa shape index (κ1) is 19.2. The van der Waals surface area contributed by atoms with Crippen molar-refractivity contribution in [1.29, 1.82) is 0 Å². The van der Waals surface area contributed by atoms with Gasteiger partial charge in [-0.2, -0.15) is 18.3 Å². The Kier molecular flexibility index (Phi) is 5.81. The van der Waals surface area contributed by atoms with Crippen LogP contribution in [0.2, 0.25) is 0 Å². The number of amides is 1. The average molecular weight is 367 g/mol. The van der Waals surface area contributed by atoms with Gasteiger partial charge in [0.05, 0.1) is 12.7 Å². The Balaban J connectivity index is 2.31. The average Bonchev–Trinajstić information content (AvgIpc) is 2.58. The molecule has 0 saturated heterocycles. The van der Waals surface area contributed by atoms with Crippen LogP contribution in [0.5, 0.6) is 17.4 Å². The minimum Gasteiger partial charge on any atom is -0.496 e. The summed E-state index contributed by atoms with van der Waals surface area (Å²) in [5.41, 5.74) is 2.01. The summed E-state index contributed by atoms with van der Waals surface area (Å²) in [5.74, 6) is -0.524. The summed E-state index contributed by atoms with van der Waals surface area (Å²) in [5, 5.41) is 3.78. The number of hydrogen-bond donors (Lipinski definition) is 1. The Labute approximate surface area is 147 Å². The van der Waals surface area contributed by atoms with Crippen LogP contribution >= 0.6 is 0 Å². The molecule has 0 radical (unpaired) electrons.